The second-order valence-corrected chi connectivity index (χ2v) is 1.82. The predicted molar refractivity (Wildman–Crippen MR) is 37.3 cm³/mol. The Morgan fingerprint density at radius 1 is 1.11 bits per heavy atom. The summed E-state index contributed by atoms with van der Waals surface area (Å²) < 4.78 is 0. The van der Waals surface area contributed by atoms with Crippen LogP contribution < -0.4 is 29.6 Å². The van der Waals surface area contributed by atoms with Crippen molar-refractivity contribution in [1.82, 2.24) is 0 Å². The van der Waals surface area contributed by atoms with Crippen LogP contribution >= 0.6 is 25.3 Å². The molecule has 42 valence electrons. The molecule has 0 aliphatic carbocycles. The molecule has 0 aliphatic rings. The maximum Gasteiger partial charge on any atom is 1.00 e. The Hall–Kier alpha value is 0.420. The van der Waals surface area contributed by atoms with E-state index in [1.165, 1.54) is 0 Å². The Labute approximate surface area is 88.1 Å². The zero-order valence-electron chi connectivity index (χ0n) is 5.79. The van der Waals surface area contributed by atoms with Crippen molar-refractivity contribution < 1.29 is 31.0 Å². The zero-order chi connectivity index (χ0) is 6.57. The van der Waals surface area contributed by atoms with Crippen LogP contribution in [-0.4, -0.2) is 0 Å². The smallest absolute Gasteiger partial charge is 1.00 e. The van der Waals surface area contributed by atoms with Gasteiger partial charge in [-0.1, -0.05) is 0 Å². The van der Waals surface area contributed by atoms with Gasteiger partial charge >= 0.3 is 29.6 Å². The van der Waals surface area contributed by atoms with Gasteiger partial charge in [-0.2, -0.15) is 10.5 Å². The molecule has 0 aliphatic heterocycles. The molecular weight excluding hydrogens is 163 g/mol. The van der Waals surface area contributed by atoms with E-state index in [-0.39, 0.29) is 40.8 Å². The summed E-state index contributed by atoms with van der Waals surface area (Å²) in [7, 11) is 0. The molecule has 0 atom stereocenters. The first-order valence-corrected chi connectivity index (χ1v) is 2.54. The standard InChI is InChI=1S/C4H2N2S2.Na.H/c5-1-3(7)4(8)2-6;;/h7-8H;;/q;+1;-1/b4-3-;;. The van der Waals surface area contributed by atoms with Gasteiger partial charge in [-0.05, 0) is 0 Å². The van der Waals surface area contributed by atoms with Crippen molar-refractivity contribution in [2.75, 3.05) is 0 Å². The van der Waals surface area contributed by atoms with E-state index in [1.54, 1.807) is 12.1 Å². The third-order valence-corrected chi connectivity index (χ3v) is 1.26. The molecule has 0 bridgehead atoms. The Morgan fingerprint density at radius 3 is 1.44 bits per heavy atom. The maximum atomic E-state index is 8.05. The van der Waals surface area contributed by atoms with Gasteiger partial charge in [-0.3, -0.25) is 0 Å². The summed E-state index contributed by atoms with van der Waals surface area (Å²) in [4.78, 5) is 0.103. The van der Waals surface area contributed by atoms with Crippen molar-refractivity contribution in [3.63, 3.8) is 0 Å². The monoisotopic (exact) mass is 166 g/mol. The minimum absolute atomic E-state index is 0. The summed E-state index contributed by atoms with van der Waals surface area (Å²) in [6.45, 7) is 0. The van der Waals surface area contributed by atoms with Crippen LogP contribution in [-0.2, 0) is 0 Å². The molecule has 0 N–H and O–H groups in total. The van der Waals surface area contributed by atoms with E-state index in [4.69, 9.17) is 10.5 Å². The van der Waals surface area contributed by atoms with Gasteiger partial charge in [-0.25, -0.2) is 0 Å². The van der Waals surface area contributed by atoms with Gasteiger partial charge in [0, 0.05) is 0 Å². The first-order chi connectivity index (χ1) is 3.72. The fourth-order valence-electron chi connectivity index (χ4n) is 0.106. The Kier molecular flexibility index (Phi) is 8.81. The molecule has 0 unspecified atom stereocenters. The summed E-state index contributed by atoms with van der Waals surface area (Å²) in [5, 5.41) is 16.1. The molecule has 0 saturated heterocycles. The molecule has 0 aromatic rings. The average molecular weight is 166 g/mol. The van der Waals surface area contributed by atoms with Crippen molar-refractivity contribution in [2.24, 2.45) is 0 Å². The van der Waals surface area contributed by atoms with E-state index in [0.29, 0.717) is 0 Å². The first kappa shape index (κ1) is 12.1. The van der Waals surface area contributed by atoms with Crippen molar-refractivity contribution >= 4 is 25.3 Å². The van der Waals surface area contributed by atoms with Gasteiger partial charge < -0.3 is 1.43 Å². The van der Waals surface area contributed by atoms with E-state index in [0.717, 1.165) is 0 Å². The van der Waals surface area contributed by atoms with Crippen LogP contribution in [0, 0.1) is 22.7 Å². The summed E-state index contributed by atoms with van der Waals surface area (Å²) in [6.07, 6.45) is 0. The number of hydrogen-bond donors (Lipinski definition) is 2. The quantitative estimate of drug-likeness (QED) is 0.254. The van der Waals surface area contributed by atoms with Crippen molar-refractivity contribution in [2.45, 2.75) is 0 Å². The summed E-state index contributed by atoms with van der Waals surface area (Å²) >= 11 is 7.25. The third kappa shape index (κ3) is 4.90. The van der Waals surface area contributed by atoms with Crippen LogP contribution in [0.1, 0.15) is 1.43 Å². The van der Waals surface area contributed by atoms with E-state index in [9.17, 15) is 0 Å². The van der Waals surface area contributed by atoms with Crippen LogP contribution in [0.3, 0.4) is 0 Å². The SMILES string of the molecule is N#C/C(S)=C(/S)C#N.[H-].[Na+]. The van der Waals surface area contributed by atoms with Gasteiger partial charge in [0.15, 0.2) is 0 Å². The van der Waals surface area contributed by atoms with Crippen LogP contribution in [0.4, 0.5) is 0 Å². The molecule has 2 nitrogen and oxygen atoms in total. The second kappa shape index (κ2) is 6.54. The molecule has 0 heterocycles. The molecule has 0 fully saturated rings. The molecule has 0 amide bonds. The van der Waals surface area contributed by atoms with Gasteiger partial charge in [0.2, 0.25) is 0 Å². The fourth-order valence-corrected chi connectivity index (χ4v) is 0.206. The predicted octanol–water partition coefficient (Wildman–Crippen LogP) is -1.78. The second-order valence-electron chi connectivity index (χ2n) is 0.921. The number of thiol groups is 2. The van der Waals surface area contributed by atoms with Crippen molar-refractivity contribution in [3.8, 4) is 12.1 Å². The molecule has 0 saturated carbocycles. The molecule has 0 spiro atoms. The van der Waals surface area contributed by atoms with Gasteiger partial charge in [0.25, 0.3) is 0 Å². The van der Waals surface area contributed by atoms with Crippen LogP contribution in [0.25, 0.3) is 0 Å². The summed E-state index contributed by atoms with van der Waals surface area (Å²) in [5.74, 6) is 0. The Balaban J connectivity index is -0.000000245. The molecular formula is C4H3N2NaS2. The molecule has 0 rings (SSSR count). The van der Waals surface area contributed by atoms with Gasteiger partial charge in [0.05, 0.1) is 0 Å². The van der Waals surface area contributed by atoms with E-state index >= 15 is 0 Å². The van der Waals surface area contributed by atoms with Crippen LogP contribution in [0.2, 0.25) is 0 Å². The molecule has 5 heteroatoms. The first-order valence-electron chi connectivity index (χ1n) is 1.64. The van der Waals surface area contributed by atoms with E-state index in [2.05, 4.69) is 25.3 Å². The fraction of sp³-hybridized carbons (Fsp3) is 0. The topological polar surface area (TPSA) is 47.6 Å². The third-order valence-electron chi connectivity index (χ3n) is 0.436. The summed E-state index contributed by atoms with van der Waals surface area (Å²) in [6, 6.07) is 3.32. The Morgan fingerprint density at radius 2 is 1.33 bits per heavy atom. The minimum Gasteiger partial charge on any atom is -1.00 e. The van der Waals surface area contributed by atoms with Crippen molar-refractivity contribution in [3.05, 3.63) is 9.81 Å². The van der Waals surface area contributed by atoms with Gasteiger partial charge in [0.1, 0.15) is 21.9 Å². The molecule has 0 radical (unpaired) electrons. The number of rotatable bonds is 0. The number of nitrogens with zero attached hydrogens (tertiary/aromatic N) is 2. The number of nitriles is 2. The van der Waals surface area contributed by atoms with Crippen LogP contribution in [0.5, 0.6) is 0 Å². The Bertz CT molecular complexity index is 180. The number of allylic oxidation sites excluding steroid dienone is 2. The van der Waals surface area contributed by atoms with Crippen molar-refractivity contribution in [1.29, 1.82) is 10.5 Å². The largest absolute Gasteiger partial charge is 1.00 e. The van der Waals surface area contributed by atoms with E-state index in [1.807, 2.05) is 0 Å². The van der Waals surface area contributed by atoms with Crippen LogP contribution in [0.15, 0.2) is 9.81 Å². The summed E-state index contributed by atoms with van der Waals surface area (Å²) in [5.41, 5.74) is 0. The van der Waals surface area contributed by atoms with E-state index < -0.39 is 0 Å². The zero-order valence-corrected chi connectivity index (χ0v) is 8.58. The number of hydrogen-bond acceptors (Lipinski definition) is 4. The van der Waals surface area contributed by atoms with Gasteiger partial charge in [-0.15, -0.1) is 25.3 Å². The molecule has 0 aromatic heterocycles. The normalized spacial score (nSPS) is 9.78. The minimum atomic E-state index is 0. The maximum absolute atomic E-state index is 8.05. The molecule has 9 heavy (non-hydrogen) atoms. The molecule has 0 aromatic carbocycles. The average Bonchev–Trinajstić information content (AvgIpc) is 1.84.